The Kier molecular flexibility index (Phi) is 4.18. The number of carbonyl (C=O) groups excluding carboxylic acids is 1. The van der Waals surface area contributed by atoms with Crippen molar-refractivity contribution in [3.63, 3.8) is 0 Å². The van der Waals surface area contributed by atoms with Crippen LogP contribution in [-0.2, 0) is 4.79 Å². The van der Waals surface area contributed by atoms with E-state index in [0.29, 0.717) is 6.54 Å². The molecule has 1 fully saturated rings. The number of nitrogens with two attached hydrogens (primary N) is 1. The molecule has 4 nitrogen and oxygen atoms in total. The van der Waals surface area contributed by atoms with Gasteiger partial charge in [-0.2, -0.15) is 0 Å². The molecule has 1 aliphatic heterocycles. The van der Waals surface area contributed by atoms with Crippen molar-refractivity contribution in [1.82, 2.24) is 10.2 Å². The summed E-state index contributed by atoms with van der Waals surface area (Å²) in [6.07, 6.45) is 3.78. The summed E-state index contributed by atoms with van der Waals surface area (Å²) in [5.74, 6) is -0.0643. The standard InChI is InChI=1S/C9H19N3O/c1-11-9(13)8(10)7-12-5-3-2-4-6-12/h8H,2-7,10H2,1H3,(H,11,13). The molecule has 0 spiro atoms. The van der Waals surface area contributed by atoms with E-state index in [1.165, 1.54) is 19.3 Å². The molecule has 1 amide bonds. The third kappa shape index (κ3) is 3.32. The van der Waals surface area contributed by atoms with E-state index in [1.54, 1.807) is 7.05 Å². The Morgan fingerprint density at radius 2 is 2.08 bits per heavy atom. The molecule has 0 aromatic rings. The summed E-state index contributed by atoms with van der Waals surface area (Å²) in [5.41, 5.74) is 5.70. The topological polar surface area (TPSA) is 58.4 Å². The number of hydrogen-bond donors (Lipinski definition) is 2. The van der Waals surface area contributed by atoms with Crippen LogP contribution in [0.25, 0.3) is 0 Å². The highest BCUT2D eigenvalue weighted by molar-refractivity contribution is 5.81. The molecule has 0 saturated carbocycles. The predicted octanol–water partition coefficient (Wildman–Crippen LogP) is -0.454. The van der Waals surface area contributed by atoms with Gasteiger partial charge in [-0.1, -0.05) is 6.42 Å². The van der Waals surface area contributed by atoms with Gasteiger partial charge in [0.2, 0.25) is 5.91 Å². The second-order valence-electron chi connectivity index (χ2n) is 3.58. The molecule has 76 valence electrons. The quantitative estimate of drug-likeness (QED) is 0.626. The van der Waals surface area contributed by atoms with Crippen molar-refractivity contribution in [2.24, 2.45) is 5.73 Å². The SMILES string of the molecule is CNC(=O)C(N)CN1CCCCC1. The van der Waals surface area contributed by atoms with E-state index in [-0.39, 0.29) is 11.9 Å². The Balaban J connectivity index is 2.25. The van der Waals surface area contributed by atoms with E-state index in [4.69, 9.17) is 5.73 Å². The highest BCUT2D eigenvalue weighted by Crippen LogP contribution is 2.08. The molecule has 1 saturated heterocycles. The van der Waals surface area contributed by atoms with Crippen LogP contribution >= 0.6 is 0 Å². The zero-order chi connectivity index (χ0) is 9.68. The highest BCUT2D eigenvalue weighted by Gasteiger charge is 2.17. The van der Waals surface area contributed by atoms with Gasteiger partial charge in [-0.05, 0) is 25.9 Å². The molecule has 1 heterocycles. The number of piperidine rings is 1. The van der Waals surface area contributed by atoms with Gasteiger partial charge in [-0.15, -0.1) is 0 Å². The first-order valence-electron chi connectivity index (χ1n) is 4.93. The highest BCUT2D eigenvalue weighted by atomic mass is 16.2. The lowest BCUT2D eigenvalue weighted by Gasteiger charge is -2.28. The minimum Gasteiger partial charge on any atom is -0.358 e. The summed E-state index contributed by atoms with van der Waals surface area (Å²) < 4.78 is 0. The molecule has 1 atom stereocenters. The summed E-state index contributed by atoms with van der Waals surface area (Å²) in [5, 5.41) is 2.56. The maximum absolute atomic E-state index is 11.1. The molecular weight excluding hydrogens is 166 g/mol. The summed E-state index contributed by atoms with van der Waals surface area (Å²) in [6.45, 7) is 2.87. The average Bonchev–Trinajstić information content (AvgIpc) is 2.18. The van der Waals surface area contributed by atoms with Crippen LogP contribution in [0.5, 0.6) is 0 Å². The second-order valence-corrected chi connectivity index (χ2v) is 3.58. The molecule has 1 unspecified atom stereocenters. The third-order valence-corrected chi connectivity index (χ3v) is 2.49. The van der Waals surface area contributed by atoms with Crippen molar-refractivity contribution in [3.8, 4) is 0 Å². The Bertz CT molecular complexity index is 166. The van der Waals surface area contributed by atoms with Crippen molar-refractivity contribution in [1.29, 1.82) is 0 Å². The van der Waals surface area contributed by atoms with Gasteiger partial charge < -0.3 is 16.0 Å². The van der Waals surface area contributed by atoms with E-state index in [0.717, 1.165) is 13.1 Å². The second kappa shape index (κ2) is 5.19. The van der Waals surface area contributed by atoms with Crippen molar-refractivity contribution >= 4 is 5.91 Å². The van der Waals surface area contributed by atoms with Gasteiger partial charge in [-0.3, -0.25) is 4.79 Å². The first-order chi connectivity index (χ1) is 6.24. The van der Waals surface area contributed by atoms with Crippen molar-refractivity contribution in [2.75, 3.05) is 26.7 Å². The maximum Gasteiger partial charge on any atom is 0.237 e. The Morgan fingerprint density at radius 1 is 1.46 bits per heavy atom. The van der Waals surface area contributed by atoms with E-state index < -0.39 is 0 Å². The Hall–Kier alpha value is -0.610. The zero-order valence-electron chi connectivity index (χ0n) is 8.25. The van der Waals surface area contributed by atoms with Crippen molar-refractivity contribution in [2.45, 2.75) is 25.3 Å². The van der Waals surface area contributed by atoms with E-state index in [2.05, 4.69) is 10.2 Å². The number of carbonyl (C=O) groups is 1. The van der Waals surface area contributed by atoms with Crippen LogP contribution in [0.15, 0.2) is 0 Å². The van der Waals surface area contributed by atoms with Gasteiger partial charge >= 0.3 is 0 Å². The lowest BCUT2D eigenvalue weighted by molar-refractivity contribution is -0.122. The summed E-state index contributed by atoms with van der Waals surface area (Å²) in [7, 11) is 1.62. The predicted molar refractivity (Wildman–Crippen MR) is 52.3 cm³/mol. The van der Waals surface area contributed by atoms with Crippen LogP contribution in [0.4, 0.5) is 0 Å². The third-order valence-electron chi connectivity index (χ3n) is 2.49. The average molecular weight is 185 g/mol. The van der Waals surface area contributed by atoms with Gasteiger partial charge in [0.1, 0.15) is 0 Å². The molecule has 3 N–H and O–H groups in total. The minimum atomic E-state index is -0.372. The van der Waals surface area contributed by atoms with Crippen LogP contribution in [0.3, 0.4) is 0 Å². The van der Waals surface area contributed by atoms with Crippen LogP contribution in [0.2, 0.25) is 0 Å². The van der Waals surface area contributed by atoms with Crippen molar-refractivity contribution in [3.05, 3.63) is 0 Å². The van der Waals surface area contributed by atoms with Crippen LogP contribution < -0.4 is 11.1 Å². The number of likely N-dealkylation sites (N-methyl/N-ethyl adjacent to an activating group) is 1. The number of likely N-dealkylation sites (tertiary alicyclic amines) is 1. The summed E-state index contributed by atoms with van der Waals surface area (Å²) >= 11 is 0. The lowest BCUT2D eigenvalue weighted by Crippen LogP contribution is -2.48. The molecule has 1 aliphatic rings. The molecule has 0 aromatic heterocycles. The molecule has 4 heteroatoms. The van der Waals surface area contributed by atoms with E-state index in [9.17, 15) is 4.79 Å². The molecule has 0 radical (unpaired) electrons. The van der Waals surface area contributed by atoms with E-state index in [1.807, 2.05) is 0 Å². The fourth-order valence-corrected chi connectivity index (χ4v) is 1.69. The number of rotatable bonds is 3. The molecule has 0 aromatic carbocycles. The first kappa shape index (κ1) is 10.5. The number of nitrogens with one attached hydrogen (secondary N) is 1. The summed E-state index contributed by atoms with van der Waals surface area (Å²) in [4.78, 5) is 13.4. The fourth-order valence-electron chi connectivity index (χ4n) is 1.69. The van der Waals surface area contributed by atoms with Crippen LogP contribution in [0.1, 0.15) is 19.3 Å². The maximum atomic E-state index is 11.1. The lowest BCUT2D eigenvalue weighted by atomic mass is 10.1. The fraction of sp³-hybridized carbons (Fsp3) is 0.889. The normalized spacial score (nSPS) is 21.1. The van der Waals surface area contributed by atoms with Gasteiger partial charge in [0, 0.05) is 13.6 Å². The van der Waals surface area contributed by atoms with Gasteiger partial charge in [0.15, 0.2) is 0 Å². The number of nitrogens with zero attached hydrogens (tertiary/aromatic N) is 1. The number of amides is 1. The minimum absolute atomic E-state index is 0.0643. The number of hydrogen-bond acceptors (Lipinski definition) is 3. The molecule has 0 bridgehead atoms. The summed E-state index contributed by atoms with van der Waals surface area (Å²) in [6, 6.07) is -0.372. The largest absolute Gasteiger partial charge is 0.358 e. The van der Waals surface area contributed by atoms with Crippen LogP contribution in [-0.4, -0.2) is 43.5 Å². The van der Waals surface area contributed by atoms with Gasteiger partial charge in [0.05, 0.1) is 6.04 Å². The zero-order valence-corrected chi connectivity index (χ0v) is 8.25. The van der Waals surface area contributed by atoms with E-state index >= 15 is 0 Å². The van der Waals surface area contributed by atoms with Crippen LogP contribution in [0, 0.1) is 0 Å². The Labute approximate surface area is 79.5 Å². The molecule has 1 rings (SSSR count). The van der Waals surface area contributed by atoms with Gasteiger partial charge in [0.25, 0.3) is 0 Å². The monoisotopic (exact) mass is 185 g/mol. The molecule has 13 heavy (non-hydrogen) atoms. The molecular formula is C9H19N3O. The smallest absolute Gasteiger partial charge is 0.237 e. The molecule has 0 aliphatic carbocycles. The van der Waals surface area contributed by atoms with Crippen molar-refractivity contribution < 1.29 is 4.79 Å². The van der Waals surface area contributed by atoms with Gasteiger partial charge in [-0.25, -0.2) is 0 Å². The Morgan fingerprint density at radius 3 is 2.62 bits per heavy atom. The first-order valence-corrected chi connectivity index (χ1v) is 4.93.